The highest BCUT2D eigenvalue weighted by molar-refractivity contribution is 8.22. The molecule has 0 saturated heterocycles. The number of hydrogen-bond donors (Lipinski definition) is 0. The van der Waals surface area contributed by atoms with Crippen LogP contribution in [0, 0.1) is 0 Å². The van der Waals surface area contributed by atoms with Crippen molar-refractivity contribution in [2.45, 2.75) is 0 Å². The second kappa shape index (κ2) is 11.8. The van der Waals surface area contributed by atoms with Gasteiger partial charge < -0.3 is 9.47 Å². The summed E-state index contributed by atoms with van der Waals surface area (Å²) in [6, 6.07) is 35.6. The molecule has 0 spiro atoms. The summed E-state index contributed by atoms with van der Waals surface area (Å²) < 4.78 is 10.7. The van der Waals surface area contributed by atoms with Crippen LogP contribution in [0.5, 0.6) is 11.5 Å². The van der Waals surface area contributed by atoms with Crippen LogP contribution in [-0.4, -0.2) is 35.7 Å². The number of nitrogens with zero attached hydrogens (tertiary/aromatic N) is 4. The second-order valence-electron chi connectivity index (χ2n) is 8.70. The Morgan fingerprint density at radius 2 is 0.875 bits per heavy atom. The molecule has 0 aliphatic carbocycles. The maximum Gasteiger partial charge on any atom is 0.136 e. The van der Waals surface area contributed by atoms with Crippen molar-refractivity contribution in [2.24, 2.45) is 20.0 Å². The molecule has 196 valence electrons. The van der Waals surface area contributed by atoms with Crippen LogP contribution in [0.25, 0.3) is 0 Å². The summed E-state index contributed by atoms with van der Waals surface area (Å²) in [5.74, 6) is 1.58. The zero-order valence-electron chi connectivity index (χ0n) is 21.8. The third-order valence-corrected chi connectivity index (χ3v) is 8.14. The number of ether oxygens (including phenoxy) is 2. The van der Waals surface area contributed by atoms with Crippen molar-refractivity contribution in [1.82, 2.24) is 0 Å². The van der Waals surface area contributed by atoms with Gasteiger partial charge in [-0.15, -0.1) is 0 Å². The summed E-state index contributed by atoms with van der Waals surface area (Å²) >= 11 is 3.04. The number of para-hydroxylation sites is 2. The van der Waals surface area contributed by atoms with Gasteiger partial charge in [-0.05, 0) is 96.3 Å². The zero-order chi connectivity index (χ0) is 27.3. The fourth-order valence-corrected chi connectivity index (χ4v) is 6.05. The minimum absolute atomic E-state index is 0.787. The Morgan fingerprint density at radius 1 is 0.500 bits per heavy atom. The van der Waals surface area contributed by atoms with E-state index in [1.54, 1.807) is 14.2 Å². The van der Waals surface area contributed by atoms with Crippen LogP contribution in [0.15, 0.2) is 139 Å². The molecule has 0 atom stereocenters. The number of hydrogen-bond acceptors (Lipinski definition) is 8. The highest BCUT2D eigenvalue weighted by atomic mass is 32.2. The molecule has 2 aliphatic rings. The lowest BCUT2D eigenvalue weighted by atomic mass is 10.1. The van der Waals surface area contributed by atoms with Crippen LogP contribution >= 0.6 is 23.5 Å². The third kappa shape index (κ3) is 5.64. The maximum atomic E-state index is 5.36. The molecule has 8 heteroatoms. The molecule has 0 N–H and O–H groups in total. The van der Waals surface area contributed by atoms with Crippen molar-refractivity contribution >= 4 is 56.4 Å². The van der Waals surface area contributed by atoms with E-state index in [0.29, 0.717) is 0 Å². The molecule has 0 amide bonds. The summed E-state index contributed by atoms with van der Waals surface area (Å²) in [5, 5.41) is 3.20. The van der Waals surface area contributed by atoms with Crippen molar-refractivity contribution in [1.29, 1.82) is 0 Å². The Kier molecular flexibility index (Phi) is 7.61. The molecule has 2 heterocycles. The minimum atomic E-state index is 0.787. The number of aliphatic imine (C=N–C) groups is 4. The lowest BCUT2D eigenvalue weighted by molar-refractivity contribution is 0.414. The molecular formula is C32H24N4O2S2. The fraction of sp³-hybridized carbons (Fsp3) is 0.0625. The van der Waals surface area contributed by atoms with Gasteiger partial charge in [-0.25, -0.2) is 20.0 Å². The Hall–Kier alpha value is -4.40. The lowest BCUT2D eigenvalue weighted by Gasteiger charge is -2.04. The average Bonchev–Trinajstić information content (AvgIpc) is 3.63. The monoisotopic (exact) mass is 560 g/mol. The third-order valence-electron chi connectivity index (χ3n) is 6.10. The average molecular weight is 561 g/mol. The van der Waals surface area contributed by atoms with Gasteiger partial charge in [0.1, 0.15) is 43.1 Å². The predicted octanol–water partition coefficient (Wildman–Crippen LogP) is 8.06. The largest absolute Gasteiger partial charge is 0.497 e. The Labute approximate surface area is 241 Å². The van der Waals surface area contributed by atoms with E-state index in [0.717, 1.165) is 65.6 Å². The van der Waals surface area contributed by atoms with Crippen LogP contribution < -0.4 is 9.47 Å². The first-order valence-electron chi connectivity index (χ1n) is 12.5. The van der Waals surface area contributed by atoms with Crippen LogP contribution in [-0.2, 0) is 0 Å². The molecule has 40 heavy (non-hydrogen) atoms. The second-order valence-corrected chi connectivity index (χ2v) is 10.7. The van der Waals surface area contributed by atoms with Gasteiger partial charge in [0.2, 0.25) is 0 Å². The van der Waals surface area contributed by atoms with E-state index in [4.69, 9.17) is 29.4 Å². The van der Waals surface area contributed by atoms with E-state index in [1.165, 1.54) is 23.5 Å². The summed E-state index contributed by atoms with van der Waals surface area (Å²) in [4.78, 5) is 20.0. The summed E-state index contributed by atoms with van der Waals surface area (Å²) in [5.41, 5.74) is 5.25. The first-order chi connectivity index (χ1) is 19.7. The molecule has 4 aromatic carbocycles. The van der Waals surface area contributed by atoms with Gasteiger partial charge in [0.15, 0.2) is 0 Å². The van der Waals surface area contributed by atoms with E-state index in [-0.39, 0.29) is 0 Å². The molecule has 2 aliphatic heterocycles. The van der Waals surface area contributed by atoms with E-state index in [1.807, 2.05) is 109 Å². The number of methoxy groups -OCH3 is 2. The highest BCUT2D eigenvalue weighted by Gasteiger charge is 2.30. The highest BCUT2D eigenvalue weighted by Crippen LogP contribution is 2.42. The van der Waals surface area contributed by atoms with Crippen molar-refractivity contribution in [2.75, 3.05) is 14.2 Å². The van der Waals surface area contributed by atoms with Crippen molar-refractivity contribution in [3.8, 4) is 11.5 Å². The number of rotatable bonds is 6. The Balaban J connectivity index is 1.45. The smallest absolute Gasteiger partial charge is 0.136 e. The van der Waals surface area contributed by atoms with E-state index in [2.05, 4.69) is 0 Å². The van der Waals surface area contributed by atoms with Crippen molar-refractivity contribution < 1.29 is 9.47 Å². The number of thioether (sulfide) groups is 2. The predicted molar refractivity (Wildman–Crippen MR) is 168 cm³/mol. The molecule has 0 fully saturated rings. The van der Waals surface area contributed by atoms with Crippen LogP contribution in [0.1, 0.15) is 11.1 Å². The normalized spacial score (nSPS) is 18.6. The molecule has 6 rings (SSSR count). The zero-order valence-corrected chi connectivity index (χ0v) is 23.4. The Morgan fingerprint density at radius 3 is 1.23 bits per heavy atom. The quantitative estimate of drug-likeness (QED) is 0.239. The molecule has 4 aromatic rings. The van der Waals surface area contributed by atoms with Crippen LogP contribution in [0.2, 0.25) is 0 Å². The summed E-state index contributed by atoms with van der Waals surface area (Å²) in [6.45, 7) is 0. The van der Waals surface area contributed by atoms with Gasteiger partial charge in [0.25, 0.3) is 0 Å². The number of benzene rings is 4. The molecule has 0 saturated carbocycles. The molecule has 0 unspecified atom stereocenters. The van der Waals surface area contributed by atoms with E-state index >= 15 is 0 Å². The van der Waals surface area contributed by atoms with Gasteiger partial charge in [-0.1, -0.05) is 36.4 Å². The Bertz CT molecular complexity index is 1550. The SMILES string of the molecule is COc1ccc(C2=N/C(=C3\N=C(c4ccc(OC)cc4)C(=Nc4ccccc4)S3)SC2=Nc2ccccc2)cc1. The van der Waals surface area contributed by atoms with Gasteiger partial charge >= 0.3 is 0 Å². The molecule has 0 bridgehead atoms. The van der Waals surface area contributed by atoms with Gasteiger partial charge in [0, 0.05) is 11.1 Å². The van der Waals surface area contributed by atoms with Gasteiger partial charge in [-0.2, -0.15) is 0 Å². The topological polar surface area (TPSA) is 67.9 Å². The van der Waals surface area contributed by atoms with Crippen LogP contribution in [0.3, 0.4) is 0 Å². The fourth-order valence-electron chi connectivity index (χ4n) is 4.07. The molecule has 6 nitrogen and oxygen atoms in total. The van der Waals surface area contributed by atoms with Crippen LogP contribution in [0.4, 0.5) is 11.4 Å². The molecule has 0 aromatic heterocycles. The summed E-state index contributed by atoms with van der Waals surface area (Å²) in [7, 11) is 3.32. The van der Waals surface area contributed by atoms with Crippen molar-refractivity contribution in [3.63, 3.8) is 0 Å². The summed E-state index contributed by atoms with van der Waals surface area (Å²) in [6.07, 6.45) is 0. The minimum Gasteiger partial charge on any atom is -0.497 e. The van der Waals surface area contributed by atoms with Crippen molar-refractivity contribution in [3.05, 3.63) is 130 Å². The molecule has 0 radical (unpaired) electrons. The first kappa shape index (κ1) is 25.9. The molecular weight excluding hydrogens is 537 g/mol. The standard InChI is InChI=1S/C32H24N4O2S2/c1-37-25-17-13-21(14-18-25)27-29(33-23-9-5-3-6-10-23)39-31(35-27)32-36-28(22-15-19-26(38-2)20-16-22)30(40-32)34-24-11-7-4-8-12-24/h3-20H,1-2H3/b32-31-,33-29?,34-30?. The maximum absolute atomic E-state index is 5.36. The van der Waals surface area contributed by atoms with Gasteiger partial charge in [-0.3, -0.25) is 0 Å². The first-order valence-corrected chi connectivity index (χ1v) is 14.2. The van der Waals surface area contributed by atoms with E-state index < -0.39 is 0 Å². The lowest BCUT2D eigenvalue weighted by Crippen LogP contribution is -2.07. The van der Waals surface area contributed by atoms with E-state index in [9.17, 15) is 0 Å². The van der Waals surface area contributed by atoms with Gasteiger partial charge in [0.05, 0.1) is 25.6 Å².